The fourth-order valence-corrected chi connectivity index (χ4v) is 5.41. The molecule has 0 saturated carbocycles. The van der Waals surface area contributed by atoms with Crippen LogP contribution in [0.4, 0.5) is 11.4 Å². The van der Waals surface area contributed by atoms with Gasteiger partial charge in [-0.2, -0.15) is 0 Å². The highest BCUT2D eigenvalue weighted by molar-refractivity contribution is 5.47. The SMILES string of the molecule is [C-]#[N+]c1cccc(CN2CCC[C@@H]2[C@@H]2CO2)c1.[C-]#[N+]c1cccc(CN2CCC[C@@H]2[C@H]2CO2)c1. The summed E-state index contributed by atoms with van der Waals surface area (Å²) in [6.45, 7) is 20.2. The smallest absolute Gasteiger partial charge is 0.187 e. The van der Waals surface area contributed by atoms with E-state index < -0.39 is 0 Å². The lowest BCUT2D eigenvalue weighted by Crippen LogP contribution is -2.33. The number of benzene rings is 2. The molecule has 4 aliphatic heterocycles. The van der Waals surface area contributed by atoms with Crippen LogP contribution in [0.25, 0.3) is 9.69 Å². The Kier molecular flexibility index (Phi) is 7.23. The maximum absolute atomic E-state index is 7.03. The molecule has 4 atom stereocenters. The van der Waals surface area contributed by atoms with Gasteiger partial charge in [0.05, 0.1) is 38.6 Å². The minimum atomic E-state index is 0.474. The minimum absolute atomic E-state index is 0.474. The van der Waals surface area contributed by atoms with Crippen LogP contribution < -0.4 is 0 Å². The summed E-state index contributed by atoms with van der Waals surface area (Å²) in [4.78, 5) is 12.0. The van der Waals surface area contributed by atoms with Crippen LogP contribution in [0, 0.1) is 13.1 Å². The molecule has 4 fully saturated rings. The minimum Gasteiger partial charge on any atom is -0.371 e. The summed E-state index contributed by atoms with van der Waals surface area (Å²) in [5, 5.41) is 0. The molecule has 6 heteroatoms. The van der Waals surface area contributed by atoms with Crippen LogP contribution in [-0.4, -0.2) is 60.4 Å². The molecule has 0 aromatic heterocycles. The Bertz CT molecular complexity index is 981. The van der Waals surface area contributed by atoms with Gasteiger partial charge in [0.2, 0.25) is 0 Å². The van der Waals surface area contributed by atoms with Crippen LogP contribution in [0.15, 0.2) is 48.5 Å². The molecular formula is C28H32N4O2. The lowest BCUT2D eigenvalue weighted by atomic mass is 10.1. The van der Waals surface area contributed by atoms with Crippen molar-refractivity contribution in [2.45, 2.75) is 63.1 Å². The first-order valence-electron chi connectivity index (χ1n) is 12.4. The monoisotopic (exact) mass is 456 g/mol. The Morgan fingerprint density at radius 1 is 0.735 bits per heavy atom. The van der Waals surface area contributed by atoms with Gasteiger partial charge in [0, 0.05) is 25.2 Å². The molecule has 0 unspecified atom stereocenters. The van der Waals surface area contributed by atoms with Gasteiger partial charge >= 0.3 is 0 Å². The number of likely N-dealkylation sites (tertiary alicyclic amines) is 2. The molecule has 0 spiro atoms. The summed E-state index contributed by atoms with van der Waals surface area (Å²) < 4.78 is 10.8. The molecule has 176 valence electrons. The average molecular weight is 457 g/mol. The number of ether oxygens (including phenoxy) is 2. The van der Waals surface area contributed by atoms with E-state index in [-0.39, 0.29) is 0 Å². The summed E-state index contributed by atoms with van der Waals surface area (Å²) in [5.74, 6) is 0. The Morgan fingerprint density at radius 3 is 1.56 bits per heavy atom. The summed E-state index contributed by atoms with van der Waals surface area (Å²) in [5.41, 5.74) is 3.96. The second kappa shape index (κ2) is 10.7. The molecular weight excluding hydrogens is 424 g/mol. The van der Waals surface area contributed by atoms with Crippen molar-refractivity contribution in [1.29, 1.82) is 0 Å². The summed E-state index contributed by atoms with van der Waals surface area (Å²) >= 11 is 0. The maximum Gasteiger partial charge on any atom is 0.187 e. The highest BCUT2D eigenvalue weighted by atomic mass is 16.6. The number of rotatable bonds is 6. The van der Waals surface area contributed by atoms with E-state index in [0.717, 1.165) is 50.8 Å². The molecule has 0 radical (unpaired) electrons. The summed E-state index contributed by atoms with van der Waals surface area (Å²) in [6.07, 6.45) is 6.00. The second-order valence-corrected chi connectivity index (χ2v) is 9.67. The molecule has 34 heavy (non-hydrogen) atoms. The zero-order valence-corrected chi connectivity index (χ0v) is 19.6. The first-order valence-corrected chi connectivity index (χ1v) is 12.4. The van der Waals surface area contributed by atoms with Crippen LogP contribution >= 0.6 is 0 Å². The fraction of sp³-hybridized carbons (Fsp3) is 0.500. The average Bonchev–Trinajstić information content (AvgIpc) is 3.81. The summed E-state index contributed by atoms with van der Waals surface area (Å²) in [7, 11) is 0. The van der Waals surface area contributed by atoms with E-state index in [1.165, 1.54) is 36.8 Å². The van der Waals surface area contributed by atoms with Crippen molar-refractivity contribution in [1.82, 2.24) is 9.80 Å². The molecule has 0 amide bonds. The van der Waals surface area contributed by atoms with Crippen LogP contribution in [0.3, 0.4) is 0 Å². The van der Waals surface area contributed by atoms with Crippen molar-refractivity contribution in [3.8, 4) is 0 Å². The highest BCUT2D eigenvalue weighted by Gasteiger charge is 2.40. The number of hydrogen-bond donors (Lipinski definition) is 0. The highest BCUT2D eigenvalue weighted by Crippen LogP contribution is 2.31. The van der Waals surface area contributed by atoms with Gasteiger partial charge in [-0.25, -0.2) is 9.69 Å². The third-order valence-electron chi connectivity index (χ3n) is 7.26. The molecule has 4 saturated heterocycles. The standard InChI is InChI=1S/2C14H16N2O/c2*1-15-12-5-2-4-11(8-12)9-16-7-3-6-13(16)14-10-17-14/h2*2,4-5,8,13-14H,3,6-7,9-10H2/t13-,14+;13-,14-/m11/s1. The lowest BCUT2D eigenvalue weighted by molar-refractivity contribution is 0.201. The van der Waals surface area contributed by atoms with Gasteiger partial charge in [0.15, 0.2) is 11.4 Å². The van der Waals surface area contributed by atoms with Gasteiger partial charge < -0.3 is 9.47 Å². The number of epoxide rings is 2. The first kappa shape index (κ1) is 23.0. The zero-order valence-electron chi connectivity index (χ0n) is 19.6. The molecule has 0 N–H and O–H groups in total. The molecule has 2 aromatic carbocycles. The lowest BCUT2D eigenvalue weighted by Gasteiger charge is -2.23. The van der Waals surface area contributed by atoms with Gasteiger partial charge in [-0.3, -0.25) is 9.80 Å². The molecule has 0 aliphatic carbocycles. The molecule has 2 aromatic rings. The Morgan fingerprint density at radius 2 is 1.18 bits per heavy atom. The van der Waals surface area contributed by atoms with E-state index in [9.17, 15) is 0 Å². The van der Waals surface area contributed by atoms with Crippen molar-refractivity contribution in [3.63, 3.8) is 0 Å². The van der Waals surface area contributed by atoms with E-state index in [1.807, 2.05) is 36.4 Å². The number of nitrogens with zero attached hydrogens (tertiary/aromatic N) is 4. The maximum atomic E-state index is 7.03. The number of hydrogen-bond acceptors (Lipinski definition) is 4. The predicted octanol–water partition coefficient (Wildman–Crippen LogP) is 5.20. The Hall–Kier alpha value is -2.74. The van der Waals surface area contributed by atoms with Crippen LogP contribution in [0.5, 0.6) is 0 Å². The third-order valence-corrected chi connectivity index (χ3v) is 7.26. The van der Waals surface area contributed by atoms with Crippen molar-refractivity contribution in [2.75, 3.05) is 26.3 Å². The van der Waals surface area contributed by atoms with E-state index in [1.54, 1.807) is 0 Å². The molecule has 6 nitrogen and oxygen atoms in total. The first-order chi connectivity index (χ1) is 16.7. The topological polar surface area (TPSA) is 40.3 Å². The molecule has 4 heterocycles. The molecule has 4 aliphatic rings. The summed E-state index contributed by atoms with van der Waals surface area (Å²) in [6, 6.07) is 17.1. The van der Waals surface area contributed by atoms with Gasteiger partial charge in [-0.15, -0.1) is 0 Å². The van der Waals surface area contributed by atoms with Gasteiger partial charge in [-0.1, -0.05) is 48.5 Å². The normalized spacial score (nSPS) is 27.9. The van der Waals surface area contributed by atoms with Crippen LogP contribution in [0.1, 0.15) is 36.8 Å². The quantitative estimate of drug-likeness (QED) is 0.442. The largest absolute Gasteiger partial charge is 0.371 e. The van der Waals surface area contributed by atoms with E-state index in [0.29, 0.717) is 24.3 Å². The van der Waals surface area contributed by atoms with Crippen molar-refractivity contribution in [3.05, 3.63) is 82.5 Å². The van der Waals surface area contributed by atoms with Crippen LogP contribution in [0.2, 0.25) is 0 Å². The van der Waals surface area contributed by atoms with E-state index in [2.05, 4.69) is 31.6 Å². The van der Waals surface area contributed by atoms with Crippen LogP contribution in [-0.2, 0) is 22.6 Å². The third kappa shape index (κ3) is 5.84. The van der Waals surface area contributed by atoms with Gasteiger partial charge in [0.25, 0.3) is 0 Å². The van der Waals surface area contributed by atoms with E-state index in [4.69, 9.17) is 22.6 Å². The van der Waals surface area contributed by atoms with Gasteiger partial charge in [-0.05, 0) is 49.9 Å². The Labute approximate surface area is 202 Å². The van der Waals surface area contributed by atoms with Gasteiger partial charge in [0.1, 0.15) is 0 Å². The van der Waals surface area contributed by atoms with Crippen molar-refractivity contribution in [2.24, 2.45) is 0 Å². The van der Waals surface area contributed by atoms with E-state index >= 15 is 0 Å². The van der Waals surface area contributed by atoms with Crippen molar-refractivity contribution >= 4 is 11.4 Å². The predicted molar refractivity (Wildman–Crippen MR) is 132 cm³/mol. The Balaban J connectivity index is 0.000000142. The zero-order chi connectivity index (χ0) is 23.3. The van der Waals surface area contributed by atoms with Crippen molar-refractivity contribution < 1.29 is 9.47 Å². The molecule has 6 rings (SSSR count). The second-order valence-electron chi connectivity index (χ2n) is 9.67. The fourth-order valence-electron chi connectivity index (χ4n) is 5.41. The molecule has 0 bridgehead atoms.